The molecule has 4 nitrogen and oxygen atoms in total. The van der Waals surface area contributed by atoms with Crippen molar-refractivity contribution in [2.45, 2.75) is 104 Å². The molecule has 156 valence electrons. The number of aryl methyl sites for hydroxylation is 1. The summed E-state index contributed by atoms with van der Waals surface area (Å²) >= 11 is 6.76. The van der Waals surface area contributed by atoms with E-state index in [0.29, 0.717) is 12.8 Å². The number of thiazole rings is 1. The number of nitrogens with zero attached hydrogens (tertiary/aromatic N) is 1. The van der Waals surface area contributed by atoms with Gasteiger partial charge in [-0.3, -0.25) is 4.79 Å². The number of aromatic nitrogens is 1. The fourth-order valence-corrected chi connectivity index (χ4v) is 3.61. The summed E-state index contributed by atoms with van der Waals surface area (Å²) in [5.74, 6) is -0.252. The first-order valence-electron chi connectivity index (χ1n) is 10.5. The highest BCUT2D eigenvalue weighted by Crippen LogP contribution is 2.17. The average molecular weight is 414 g/mol. The quantitative estimate of drug-likeness (QED) is 0.264. The minimum absolute atomic E-state index is 0.252. The maximum absolute atomic E-state index is 10.5. The van der Waals surface area contributed by atoms with Gasteiger partial charge in [-0.1, -0.05) is 77.4 Å². The van der Waals surface area contributed by atoms with E-state index in [2.05, 4.69) is 18.8 Å². The normalized spacial score (nSPS) is 10.3. The van der Waals surface area contributed by atoms with Crippen molar-refractivity contribution in [1.82, 2.24) is 4.98 Å². The zero-order valence-corrected chi connectivity index (χ0v) is 18.9. The summed E-state index contributed by atoms with van der Waals surface area (Å²) in [7, 11) is 0. The van der Waals surface area contributed by atoms with Gasteiger partial charge in [0.1, 0.15) is 5.00 Å². The molecule has 0 aliphatic heterocycles. The summed E-state index contributed by atoms with van der Waals surface area (Å²) in [6.07, 6.45) is 17.9. The molecule has 1 heterocycles. The summed E-state index contributed by atoms with van der Waals surface area (Å²) < 4.78 is 0. The highest BCUT2D eigenvalue weighted by molar-refractivity contribution is 7.80. The number of unbranched alkanes of at least 4 members (excludes halogenated alkanes) is 8. The number of nitrogens with two attached hydrogens (primary N) is 2. The Bertz CT molecular complexity index is 503. The Hall–Kier alpha value is -1.01. The summed E-state index contributed by atoms with van der Waals surface area (Å²) in [5.41, 5.74) is 10.6. The first kappa shape index (κ1) is 26.0. The first-order valence-corrected chi connectivity index (χ1v) is 11.7. The van der Waals surface area contributed by atoms with Crippen LogP contribution in [-0.4, -0.2) is 15.8 Å². The number of thiocarbonyl (C=S) groups is 1. The Morgan fingerprint density at radius 1 is 0.963 bits per heavy atom. The molecule has 1 aromatic rings. The number of carbonyl (C=O) groups excluding carboxylic acids is 1. The van der Waals surface area contributed by atoms with E-state index < -0.39 is 0 Å². The molecular weight excluding hydrogens is 374 g/mol. The van der Waals surface area contributed by atoms with Crippen LogP contribution < -0.4 is 11.5 Å². The molecule has 0 fully saturated rings. The van der Waals surface area contributed by atoms with Crippen LogP contribution in [0.5, 0.6) is 0 Å². The molecule has 4 N–H and O–H groups in total. The molecule has 1 rings (SSSR count). The topological polar surface area (TPSA) is 82.0 Å². The molecule has 0 saturated carbocycles. The molecule has 0 saturated heterocycles. The Morgan fingerprint density at radius 3 is 2.07 bits per heavy atom. The van der Waals surface area contributed by atoms with Crippen LogP contribution in [0.25, 0.3) is 0 Å². The van der Waals surface area contributed by atoms with Gasteiger partial charge in [-0.15, -0.1) is 11.3 Å². The Labute approximate surface area is 175 Å². The number of nitrogen functional groups attached to an aromatic ring is 1. The largest absolute Gasteiger partial charge is 0.389 e. The van der Waals surface area contributed by atoms with Crippen LogP contribution in [0.2, 0.25) is 0 Å². The summed E-state index contributed by atoms with van der Waals surface area (Å²) in [5, 5.41) is 2.03. The van der Waals surface area contributed by atoms with Crippen molar-refractivity contribution in [3.05, 3.63) is 11.2 Å². The Morgan fingerprint density at radius 2 is 1.56 bits per heavy atom. The molecular formula is C21H39N3OS2. The van der Waals surface area contributed by atoms with Crippen molar-refractivity contribution in [3.8, 4) is 0 Å². The molecule has 0 radical (unpaired) electrons. The minimum Gasteiger partial charge on any atom is -0.389 e. The molecule has 0 spiro atoms. The predicted molar refractivity (Wildman–Crippen MR) is 123 cm³/mol. The van der Waals surface area contributed by atoms with Crippen molar-refractivity contribution < 1.29 is 4.79 Å². The number of anilines is 1. The van der Waals surface area contributed by atoms with Gasteiger partial charge in [-0.25, -0.2) is 4.98 Å². The van der Waals surface area contributed by atoms with Crippen LogP contribution in [0.4, 0.5) is 5.00 Å². The molecule has 0 unspecified atom stereocenters. The van der Waals surface area contributed by atoms with Gasteiger partial charge in [0.2, 0.25) is 5.91 Å². The highest BCUT2D eigenvalue weighted by atomic mass is 32.1. The van der Waals surface area contributed by atoms with Crippen LogP contribution >= 0.6 is 23.6 Å². The van der Waals surface area contributed by atoms with E-state index in [1.165, 1.54) is 62.8 Å². The van der Waals surface area contributed by atoms with Gasteiger partial charge in [0.05, 0.1) is 11.2 Å². The summed E-state index contributed by atoms with van der Waals surface area (Å²) in [4.78, 5) is 15.7. The minimum atomic E-state index is -0.252. The van der Waals surface area contributed by atoms with Crippen molar-refractivity contribution in [2.75, 3.05) is 5.73 Å². The van der Waals surface area contributed by atoms with Crippen LogP contribution in [0.15, 0.2) is 6.20 Å². The third-order valence-electron chi connectivity index (χ3n) is 4.28. The standard InChI is InChI=1S/C11H21NOS.C10H18N2S/c1-2-3-4-5-6-7-10(14)8-9-11(12)13;1-2-3-4-5-6-7-10-12-8-9(11)13-10/h2-9H2,1H3,(H2,12,13);8H,2-7,11H2,1H3. The number of amides is 1. The number of hydrogen-bond acceptors (Lipinski definition) is 5. The van der Waals surface area contributed by atoms with Gasteiger partial charge >= 0.3 is 0 Å². The first-order chi connectivity index (χ1) is 13.0. The van der Waals surface area contributed by atoms with Gasteiger partial charge in [0, 0.05) is 6.42 Å². The monoisotopic (exact) mass is 413 g/mol. The fourth-order valence-electron chi connectivity index (χ4n) is 2.63. The lowest BCUT2D eigenvalue weighted by atomic mass is 10.1. The lowest BCUT2D eigenvalue weighted by Gasteiger charge is -2.02. The SMILES string of the molecule is CCCCCCCC(=S)CCC(N)=O.CCCCCCCc1ncc(N)s1. The van der Waals surface area contributed by atoms with E-state index >= 15 is 0 Å². The Kier molecular flexibility index (Phi) is 17.7. The zero-order valence-electron chi connectivity index (χ0n) is 17.3. The number of primary amides is 1. The van der Waals surface area contributed by atoms with Crippen molar-refractivity contribution in [3.63, 3.8) is 0 Å². The third-order valence-corrected chi connectivity index (χ3v) is 5.57. The second-order valence-electron chi connectivity index (χ2n) is 6.99. The molecule has 1 aromatic heterocycles. The number of carbonyl (C=O) groups is 1. The van der Waals surface area contributed by atoms with Crippen LogP contribution in [0.1, 0.15) is 102 Å². The van der Waals surface area contributed by atoms with Crippen molar-refractivity contribution in [2.24, 2.45) is 5.73 Å². The Balaban J connectivity index is 0.000000501. The molecule has 0 atom stereocenters. The highest BCUT2D eigenvalue weighted by Gasteiger charge is 2.00. The van der Waals surface area contributed by atoms with Crippen LogP contribution in [-0.2, 0) is 11.2 Å². The van der Waals surface area contributed by atoms with E-state index in [9.17, 15) is 4.79 Å². The maximum atomic E-state index is 10.5. The van der Waals surface area contributed by atoms with Crippen molar-refractivity contribution >= 4 is 39.3 Å². The van der Waals surface area contributed by atoms with Gasteiger partial charge in [-0.2, -0.15) is 0 Å². The van der Waals surface area contributed by atoms with Crippen molar-refractivity contribution in [1.29, 1.82) is 0 Å². The van der Waals surface area contributed by atoms with E-state index in [4.69, 9.17) is 23.7 Å². The molecule has 0 bridgehead atoms. The predicted octanol–water partition coefficient (Wildman–Crippen LogP) is 6.22. The third kappa shape index (κ3) is 18.1. The van der Waals surface area contributed by atoms with E-state index in [1.54, 1.807) is 17.5 Å². The second-order valence-corrected chi connectivity index (χ2v) is 8.71. The lowest BCUT2D eigenvalue weighted by molar-refractivity contribution is -0.117. The average Bonchev–Trinajstić information content (AvgIpc) is 3.05. The smallest absolute Gasteiger partial charge is 0.217 e. The van der Waals surface area contributed by atoms with Gasteiger partial charge in [0.25, 0.3) is 0 Å². The van der Waals surface area contributed by atoms with E-state index in [-0.39, 0.29) is 5.91 Å². The summed E-state index contributed by atoms with van der Waals surface area (Å²) in [6.45, 7) is 4.44. The molecule has 0 aliphatic carbocycles. The lowest BCUT2D eigenvalue weighted by Crippen LogP contribution is -2.11. The number of hydrogen-bond donors (Lipinski definition) is 2. The summed E-state index contributed by atoms with van der Waals surface area (Å²) in [6, 6.07) is 0. The van der Waals surface area contributed by atoms with E-state index in [0.717, 1.165) is 29.1 Å². The van der Waals surface area contributed by atoms with E-state index in [1.807, 2.05) is 0 Å². The molecule has 1 amide bonds. The molecule has 0 aromatic carbocycles. The van der Waals surface area contributed by atoms with Gasteiger partial charge < -0.3 is 11.5 Å². The molecule has 0 aliphatic rings. The number of rotatable bonds is 15. The van der Waals surface area contributed by atoms with Crippen LogP contribution in [0.3, 0.4) is 0 Å². The zero-order chi connectivity index (χ0) is 20.3. The van der Waals surface area contributed by atoms with Gasteiger partial charge in [-0.05, 0) is 37.0 Å². The fraction of sp³-hybridized carbons (Fsp3) is 0.762. The van der Waals surface area contributed by atoms with Gasteiger partial charge in [0.15, 0.2) is 0 Å². The molecule has 27 heavy (non-hydrogen) atoms. The molecule has 6 heteroatoms. The maximum Gasteiger partial charge on any atom is 0.217 e. The van der Waals surface area contributed by atoms with Crippen LogP contribution in [0, 0.1) is 0 Å². The second kappa shape index (κ2) is 18.4.